The third-order valence-corrected chi connectivity index (χ3v) is 5.73. The van der Waals surface area contributed by atoms with Crippen molar-refractivity contribution in [3.8, 4) is 17.1 Å². The zero-order valence-electron chi connectivity index (χ0n) is 16.7. The van der Waals surface area contributed by atoms with Gasteiger partial charge < -0.3 is 15.0 Å². The molecule has 5 rings (SSSR count). The van der Waals surface area contributed by atoms with Crippen LogP contribution < -0.4 is 10.9 Å². The van der Waals surface area contributed by atoms with Gasteiger partial charge in [0.25, 0.3) is 5.56 Å². The molecule has 1 aliphatic rings. The Balaban J connectivity index is 1.67. The molecule has 0 radical (unpaired) electrons. The van der Waals surface area contributed by atoms with Crippen molar-refractivity contribution < 1.29 is 9.50 Å². The van der Waals surface area contributed by atoms with Gasteiger partial charge in [-0.15, -0.1) is 0 Å². The van der Waals surface area contributed by atoms with Gasteiger partial charge in [0.1, 0.15) is 5.52 Å². The number of phenolic OH excluding ortho intramolecular Hbond substituents is 1. The highest BCUT2D eigenvalue weighted by Crippen LogP contribution is 2.35. The second-order valence-electron chi connectivity index (χ2n) is 7.79. The van der Waals surface area contributed by atoms with Crippen molar-refractivity contribution >= 4 is 21.8 Å². The second kappa shape index (κ2) is 6.88. The van der Waals surface area contributed by atoms with Gasteiger partial charge in [-0.2, -0.15) is 5.10 Å². The number of benzene rings is 1. The van der Waals surface area contributed by atoms with Crippen LogP contribution in [0.3, 0.4) is 0 Å². The molecule has 0 amide bonds. The highest BCUT2D eigenvalue weighted by Gasteiger charge is 2.21. The summed E-state index contributed by atoms with van der Waals surface area (Å²) in [6.45, 7) is 3.65. The maximum Gasteiger partial charge on any atom is 0.261 e. The highest BCUT2D eigenvalue weighted by molar-refractivity contribution is 5.88. The normalized spacial score (nSPS) is 15.3. The van der Waals surface area contributed by atoms with Crippen LogP contribution in [0.4, 0.5) is 4.39 Å². The summed E-state index contributed by atoms with van der Waals surface area (Å²) in [6.07, 6.45) is 6.74. The van der Waals surface area contributed by atoms with Crippen molar-refractivity contribution in [1.29, 1.82) is 0 Å². The van der Waals surface area contributed by atoms with E-state index < -0.39 is 11.6 Å². The first-order valence-electron chi connectivity index (χ1n) is 9.88. The molecule has 0 atom stereocenters. The van der Waals surface area contributed by atoms with Crippen molar-refractivity contribution in [3.05, 3.63) is 46.4 Å². The van der Waals surface area contributed by atoms with E-state index in [0.29, 0.717) is 16.3 Å². The van der Waals surface area contributed by atoms with Crippen molar-refractivity contribution in [2.24, 2.45) is 7.05 Å². The molecule has 4 aromatic rings. The Hall–Kier alpha value is -3.33. The van der Waals surface area contributed by atoms with Crippen molar-refractivity contribution in [2.45, 2.75) is 25.8 Å². The molecule has 0 aliphatic carbocycles. The summed E-state index contributed by atoms with van der Waals surface area (Å²) in [6, 6.07) is 1.75. The number of nitrogens with zero attached hydrogens (tertiary/aromatic N) is 5. The number of fused-ring (bicyclic) bond motifs is 2. The number of hydrogen-bond acceptors (Lipinski definition) is 6. The number of phenols is 1. The molecule has 0 unspecified atom stereocenters. The van der Waals surface area contributed by atoms with Gasteiger partial charge in [-0.3, -0.25) is 9.48 Å². The number of rotatable bonds is 2. The minimum atomic E-state index is -0.815. The summed E-state index contributed by atoms with van der Waals surface area (Å²) >= 11 is 0. The molecule has 30 heavy (non-hydrogen) atoms. The number of hydrogen-bond donors (Lipinski definition) is 2. The fourth-order valence-electron chi connectivity index (χ4n) is 4.20. The second-order valence-corrected chi connectivity index (χ2v) is 7.79. The first kappa shape index (κ1) is 18.7. The summed E-state index contributed by atoms with van der Waals surface area (Å²) in [4.78, 5) is 21.9. The number of halogens is 1. The Kier molecular flexibility index (Phi) is 4.28. The minimum Gasteiger partial charge on any atom is -0.504 e. The maximum absolute atomic E-state index is 14.6. The van der Waals surface area contributed by atoms with E-state index in [1.54, 1.807) is 23.9 Å². The molecule has 3 aromatic heterocycles. The molecule has 0 spiro atoms. The lowest BCUT2D eigenvalue weighted by Crippen LogP contribution is -2.34. The zero-order valence-corrected chi connectivity index (χ0v) is 16.7. The summed E-state index contributed by atoms with van der Waals surface area (Å²) in [5, 5.41) is 18.7. The maximum atomic E-state index is 14.6. The largest absolute Gasteiger partial charge is 0.504 e. The Morgan fingerprint density at radius 2 is 2.00 bits per heavy atom. The molecule has 1 fully saturated rings. The number of aryl methyl sites for hydroxylation is 2. The average molecular weight is 408 g/mol. The lowest BCUT2D eigenvalue weighted by Gasteiger charge is -2.25. The van der Waals surface area contributed by atoms with Crippen LogP contribution in [0.1, 0.15) is 24.4 Å². The predicted octanol–water partition coefficient (Wildman–Crippen LogP) is 2.42. The monoisotopic (exact) mass is 408 g/mol. The van der Waals surface area contributed by atoms with Gasteiger partial charge in [-0.25, -0.2) is 14.4 Å². The summed E-state index contributed by atoms with van der Waals surface area (Å²) < 4.78 is 17.9. The Bertz CT molecular complexity index is 1350. The summed E-state index contributed by atoms with van der Waals surface area (Å²) in [5.74, 6) is -1.21. The van der Waals surface area contributed by atoms with Gasteiger partial charge in [-0.1, -0.05) is 0 Å². The van der Waals surface area contributed by atoms with Gasteiger partial charge in [0, 0.05) is 37.1 Å². The van der Waals surface area contributed by atoms with Crippen molar-refractivity contribution in [1.82, 2.24) is 29.6 Å². The summed E-state index contributed by atoms with van der Waals surface area (Å²) in [5.41, 5.74) is 1.44. The molecule has 1 aromatic carbocycles. The van der Waals surface area contributed by atoms with Gasteiger partial charge in [0.05, 0.1) is 16.5 Å². The van der Waals surface area contributed by atoms with Crippen LogP contribution in [-0.4, -0.2) is 42.5 Å². The van der Waals surface area contributed by atoms with Crippen LogP contribution in [0.5, 0.6) is 5.75 Å². The van der Waals surface area contributed by atoms with Gasteiger partial charge in [0.2, 0.25) is 0 Å². The third kappa shape index (κ3) is 2.85. The van der Waals surface area contributed by atoms with Crippen LogP contribution in [0, 0.1) is 12.7 Å². The van der Waals surface area contributed by atoms with Gasteiger partial charge >= 0.3 is 0 Å². The lowest BCUT2D eigenvalue weighted by atomic mass is 10.1. The van der Waals surface area contributed by atoms with E-state index in [1.807, 2.05) is 13.1 Å². The molecule has 9 heteroatoms. The van der Waals surface area contributed by atoms with Crippen LogP contribution >= 0.6 is 0 Å². The van der Waals surface area contributed by atoms with Crippen molar-refractivity contribution in [2.75, 3.05) is 13.1 Å². The zero-order chi connectivity index (χ0) is 21.0. The molecule has 154 valence electrons. The Labute approximate surface area is 171 Å². The SMILES string of the molecule is Cc1cn(C2CCNCC2)c(=O)c2cnc(-c3cc4cn(C)nc4c(F)c3O)nc12. The summed E-state index contributed by atoms with van der Waals surface area (Å²) in [7, 11) is 1.68. The first-order chi connectivity index (χ1) is 14.4. The number of aromatic hydroxyl groups is 1. The van der Waals surface area contributed by atoms with Crippen LogP contribution in [0.15, 0.2) is 29.5 Å². The quantitative estimate of drug-likeness (QED) is 0.529. The van der Waals surface area contributed by atoms with Crippen molar-refractivity contribution in [3.63, 3.8) is 0 Å². The van der Waals surface area contributed by atoms with E-state index in [-0.39, 0.29) is 28.5 Å². The fourth-order valence-corrected chi connectivity index (χ4v) is 4.20. The molecule has 1 saturated heterocycles. The van der Waals surface area contributed by atoms with Crippen LogP contribution in [0.25, 0.3) is 33.2 Å². The lowest BCUT2D eigenvalue weighted by molar-refractivity contribution is 0.361. The molecule has 1 aliphatic heterocycles. The Morgan fingerprint density at radius 3 is 2.77 bits per heavy atom. The van der Waals surface area contributed by atoms with Gasteiger partial charge in [-0.05, 0) is 44.5 Å². The molecular formula is C21H21FN6O2. The van der Waals surface area contributed by atoms with Gasteiger partial charge in [0.15, 0.2) is 17.4 Å². The van der Waals surface area contributed by atoms with Crippen LogP contribution in [-0.2, 0) is 7.05 Å². The third-order valence-electron chi connectivity index (χ3n) is 5.73. The number of piperidine rings is 1. The predicted molar refractivity (Wildman–Crippen MR) is 111 cm³/mol. The number of aromatic nitrogens is 5. The van der Waals surface area contributed by atoms with E-state index in [9.17, 15) is 14.3 Å². The molecule has 0 bridgehead atoms. The molecule has 8 nitrogen and oxygen atoms in total. The smallest absolute Gasteiger partial charge is 0.261 e. The highest BCUT2D eigenvalue weighted by atomic mass is 19.1. The topological polar surface area (TPSA) is 97.9 Å². The molecular weight excluding hydrogens is 387 g/mol. The average Bonchev–Trinajstić information content (AvgIpc) is 3.14. The number of pyridine rings is 1. The fraction of sp³-hybridized carbons (Fsp3) is 0.333. The standard InChI is InChI=1S/C21H21FN6O2/c1-11-9-28(13-3-5-23-6-4-13)21(30)15-8-24-20(25-17(11)15)14-7-12-10-27(2)26-18(12)16(22)19(14)29/h7-10,13,23,29H,3-6H2,1-2H3. The van der Waals surface area contributed by atoms with Crippen LogP contribution in [0.2, 0.25) is 0 Å². The van der Waals surface area contributed by atoms with E-state index in [0.717, 1.165) is 31.5 Å². The molecule has 2 N–H and O–H groups in total. The van der Waals surface area contributed by atoms with E-state index in [2.05, 4.69) is 20.4 Å². The Morgan fingerprint density at radius 1 is 1.23 bits per heavy atom. The van der Waals surface area contributed by atoms with E-state index >= 15 is 0 Å². The molecule has 4 heterocycles. The van der Waals surface area contributed by atoms with E-state index in [1.165, 1.54) is 10.9 Å². The van der Waals surface area contributed by atoms with E-state index in [4.69, 9.17) is 0 Å². The minimum absolute atomic E-state index is 0.0839. The molecule has 0 saturated carbocycles. The number of nitrogens with one attached hydrogen (secondary N) is 1. The first-order valence-corrected chi connectivity index (χ1v) is 9.88.